The summed E-state index contributed by atoms with van der Waals surface area (Å²) in [6, 6.07) is 5.28. The Balaban J connectivity index is 1.96. The van der Waals surface area contributed by atoms with Gasteiger partial charge in [-0.2, -0.15) is 0 Å². The minimum absolute atomic E-state index is 0.0279. The van der Waals surface area contributed by atoms with Gasteiger partial charge in [-0.15, -0.1) is 0 Å². The molecule has 1 heterocycles. The molecule has 0 saturated carbocycles. The molecule has 0 unspecified atom stereocenters. The average Bonchev–Trinajstić information content (AvgIpc) is 2.43. The predicted octanol–water partition coefficient (Wildman–Crippen LogP) is 2.28. The molecule has 0 bridgehead atoms. The molecule has 110 valence electrons. The Hall–Kier alpha value is -2.76. The highest BCUT2D eigenvalue weighted by Crippen LogP contribution is 2.44. The second kappa shape index (κ2) is 4.66. The highest BCUT2D eigenvalue weighted by atomic mass is 16.5. The summed E-state index contributed by atoms with van der Waals surface area (Å²) in [6.45, 7) is 0. The summed E-state index contributed by atoms with van der Waals surface area (Å²) in [5.41, 5.74) is 1.10. The third kappa shape index (κ3) is 2.24. The quantitative estimate of drug-likeness (QED) is 0.515. The molecular weight excluding hydrogens is 276 g/mol. The third-order valence-corrected chi connectivity index (χ3v) is 3.56. The molecule has 6 nitrogen and oxygen atoms in total. The molecular formula is C15H14O6. The lowest BCUT2D eigenvalue weighted by Crippen LogP contribution is -2.15. The van der Waals surface area contributed by atoms with Gasteiger partial charge in [0.2, 0.25) is 0 Å². The Morgan fingerprint density at radius 1 is 0.857 bits per heavy atom. The van der Waals surface area contributed by atoms with Crippen LogP contribution in [0.25, 0.3) is 0 Å². The van der Waals surface area contributed by atoms with Crippen molar-refractivity contribution in [3.05, 3.63) is 35.4 Å². The van der Waals surface area contributed by atoms with Crippen molar-refractivity contribution in [2.45, 2.75) is 18.9 Å². The fourth-order valence-corrected chi connectivity index (χ4v) is 2.51. The van der Waals surface area contributed by atoms with Crippen LogP contribution in [0.3, 0.4) is 0 Å². The van der Waals surface area contributed by atoms with Crippen molar-refractivity contribution in [2.24, 2.45) is 0 Å². The van der Waals surface area contributed by atoms with E-state index in [1.54, 1.807) is 0 Å². The van der Waals surface area contributed by atoms with Crippen LogP contribution in [0.1, 0.15) is 23.7 Å². The lowest BCUT2D eigenvalue weighted by molar-refractivity contribution is 0.173. The molecule has 0 fully saturated rings. The van der Waals surface area contributed by atoms with Crippen molar-refractivity contribution in [3.63, 3.8) is 0 Å². The van der Waals surface area contributed by atoms with E-state index in [-0.39, 0.29) is 11.5 Å². The van der Waals surface area contributed by atoms with Gasteiger partial charge >= 0.3 is 0 Å². The zero-order valence-corrected chi connectivity index (χ0v) is 10.9. The smallest absolute Gasteiger partial charge is 0.200 e. The Morgan fingerprint density at radius 2 is 1.52 bits per heavy atom. The van der Waals surface area contributed by atoms with E-state index in [4.69, 9.17) is 4.74 Å². The molecule has 0 aromatic heterocycles. The summed E-state index contributed by atoms with van der Waals surface area (Å²) in [5.74, 6) is -1.22. The van der Waals surface area contributed by atoms with E-state index < -0.39 is 23.4 Å². The Kier molecular flexibility index (Phi) is 2.94. The second-order valence-corrected chi connectivity index (χ2v) is 4.99. The van der Waals surface area contributed by atoms with Gasteiger partial charge in [0.05, 0.1) is 0 Å². The SMILES string of the molecule is Oc1cc(O)c2c(c1)O[C@@H](c1cc(O)c(O)c(O)c1)CC2. The first-order valence-corrected chi connectivity index (χ1v) is 6.42. The van der Waals surface area contributed by atoms with E-state index in [1.807, 2.05) is 0 Å². The molecule has 0 radical (unpaired) electrons. The highest BCUT2D eigenvalue weighted by Gasteiger charge is 2.25. The zero-order valence-electron chi connectivity index (χ0n) is 10.9. The number of benzene rings is 2. The first-order valence-electron chi connectivity index (χ1n) is 6.42. The van der Waals surface area contributed by atoms with Crippen LogP contribution in [0.2, 0.25) is 0 Å². The van der Waals surface area contributed by atoms with Crippen molar-refractivity contribution in [1.29, 1.82) is 0 Å². The standard InChI is InChI=1S/C15H14O6/c16-8-5-10(17)9-1-2-13(21-14(9)6-8)7-3-11(18)15(20)12(19)4-7/h3-6,13,16-20H,1-2H2/t13-/m1/s1. The van der Waals surface area contributed by atoms with Crippen molar-refractivity contribution in [1.82, 2.24) is 0 Å². The summed E-state index contributed by atoms with van der Waals surface area (Å²) in [6.07, 6.45) is 0.583. The van der Waals surface area contributed by atoms with Gasteiger partial charge < -0.3 is 30.3 Å². The minimum Gasteiger partial charge on any atom is -0.508 e. The van der Waals surface area contributed by atoms with E-state index in [0.717, 1.165) is 0 Å². The second-order valence-electron chi connectivity index (χ2n) is 4.99. The summed E-state index contributed by atoms with van der Waals surface area (Å²) in [4.78, 5) is 0. The zero-order chi connectivity index (χ0) is 15.1. The van der Waals surface area contributed by atoms with Gasteiger partial charge in [0, 0.05) is 17.7 Å². The molecule has 0 aliphatic carbocycles. The number of aromatic hydroxyl groups is 5. The van der Waals surface area contributed by atoms with Gasteiger partial charge in [-0.1, -0.05) is 0 Å². The molecule has 1 aliphatic rings. The maximum atomic E-state index is 9.77. The molecule has 6 heteroatoms. The monoisotopic (exact) mass is 290 g/mol. The van der Waals surface area contributed by atoms with Crippen molar-refractivity contribution >= 4 is 0 Å². The van der Waals surface area contributed by atoms with E-state index in [9.17, 15) is 25.5 Å². The van der Waals surface area contributed by atoms with E-state index in [2.05, 4.69) is 0 Å². The van der Waals surface area contributed by atoms with E-state index >= 15 is 0 Å². The molecule has 0 spiro atoms. The van der Waals surface area contributed by atoms with Crippen LogP contribution in [0, 0.1) is 0 Å². The van der Waals surface area contributed by atoms with Crippen molar-refractivity contribution < 1.29 is 30.3 Å². The first kappa shape index (κ1) is 13.2. The van der Waals surface area contributed by atoms with Gasteiger partial charge in [0.15, 0.2) is 17.2 Å². The molecule has 2 aromatic carbocycles. The highest BCUT2D eigenvalue weighted by molar-refractivity contribution is 5.53. The summed E-state index contributed by atoms with van der Waals surface area (Å²) in [7, 11) is 0. The van der Waals surface area contributed by atoms with Crippen LogP contribution >= 0.6 is 0 Å². The minimum atomic E-state index is -0.578. The maximum Gasteiger partial charge on any atom is 0.200 e. The molecule has 5 N–H and O–H groups in total. The lowest BCUT2D eigenvalue weighted by atomic mass is 9.96. The Labute approximate surface area is 120 Å². The normalized spacial score (nSPS) is 17.0. The molecule has 3 rings (SSSR count). The van der Waals surface area contributed by atoms with Crippen LogP contribution in [0.15, 0.2) is 24.3 Å². The fourth-order valence-electron chi connectivity index (χ4n) is 2.51. The van der Waals surface area contributed by atoms with Gasteiger partial charge in [-0.05, 0) is 30.5 Å². The van der Waals surface area contributed by atoms with Crippen molar-refractivity contribution in [3.8, 4) is 34.5 Å². The topological polar surface area (TPSA) is 110 Å². The van der Waals surface area contributed by atoms with Crippen molar-refractivity contribution in [2.75, 3.05) is 0 Å². The summed E-state index contributed by atoms with van der Waals surface area (Å²) < 4.78 is 5.71. The fraction of sp³-hybridized carbons (Fsp3) is 0.200. The van der Waals surface area contributed by atoms with Gasteiger partial charge in [-0.25, -0.2) is 0 Å². The number of phenols is 5. The summed E-state index contributed by atoms with van der Waals surface area (Å²) in [5, 5.41) is 47.7. The number of rotatable bonds is 1. The summed E-state index contributed by atoms with van der Waals surface area (Å²) >= 11 is 0. The van der Waals surface area contributed by atoms with Crippen LogP contribution in [0.4, 0.5) is 0 Å². The van der Waals surface area contributed by atoms with E-state index in [1.165, 1.54) is 24.3 Å². The number of fused-ring (bicyclic) bond motifs is 1. The molecule has 2 aromatic rings. The van der Waals surface area contributed by atoms with Crippen LogP contribution in [-0.2, 0) is 6.42 Å². The largest absolute Gasteiger partial charge is 0.508 e. The number of hydrogen-bond donors (Lipinski definition) is 5. The number of ether oxygens (including phenoxy) is 1. The molecule has 1 atom stereocenters. The van der Waals surface area contributed by atoms with Gasteiger partial charge in [-0.3, -0.25) is 0 Å². The van der Waals surface area contributed by atoms with Crippen LogP contribution < -0.4 is 4.74 Å². The maximum absolute atomic E-state index is 9.77. The van der Waals surface area contributed by atoms with Gasteiger partial charge in [0.1, 0.15) is 23.4 Å². The van der Waals surface area contributed by atoms with E-state index in [0.29, 0.717) is 29.7 Å². The Bertz CT molecular complexity index is 687. The molecule has 21 heavy (non-hydrogen) atoms. The van der Waals surface area contributed by atoms with Gasteiger partial charge in [0.25, 0.3) is 0 Å². The van der Waals surface area contributed by atoms with Crippen LogP contribution in [0.5, 0.6) is 34.5 Å². The number of phenolic OH excluding ortho intramolecular Hbond substituents is 5. The number of hydrogen-bond acceptors (Lipinski definition) is 6. The Morgan fingerprint density at radius 3 is 2.19 bits per heavy atom. The van der Waals surface area contributed by atoms with Crippen LogP contribution in [-0.4, -0.2) is 25.5 Å². The molecule has 0 amide bonds. The average molecular weight is 290 g/mol. The lowest BCUT2D eigenvalue weighted by Gasteiger charge is -2.27. The molecule has 0 saturated heterocycles. The molecule has 1 aliphatic heterocycles. The first-order chi connectivity index (χ1) is 9.95. The predicted molar refractivity (Wildman–Crippen MR) is 72.9 cm³/mol. The third-order valence-electron chi connectivity index (χ3n) is 3.56.